The van der Waals surface area contributed by atoms with Gasteiger partial charge in [0.15, 0.2) is 0 Å². The van der Waals surface area contributed by atoms with Crippen molar-refractivity contribution in [3.8, 4) is 0 Å². The van der Waals surface area contributed by atoms with E-state index in [9.17, 15) is 4.79 Å². The van der Waals surface area contributed by atoms with E-state index >= 15 is 0 Å². The fourth-order valence-electron chi connectivity index (χ4n) is 1.83. The van der Waals surface area contributed by atoms with Gasteiger partial charge in [0, 0.05) is 22.8 Å². The van der Waals surface area contributed by atoms with Gasteiger partial charge in [0.2, 0.25) is 5.91 Å². The number of rotatable bonds is 6. The van der Waals surface area contributed by atoms with Crippen molar-refractivity contribution in [3.05, 3.63) is 60.2 Å². The van der Waals surface area contributed by atoms with Crippen LogP contribution in [0.25, 0.3) is 0 Å². The topological polar surface area (TPSA) is 29.1 Å². The Labute approximate surface area is 124 Å². The Morgan fingerprint density at radius 2 is 1.75 bits per heavy atom. The lowest BCUT2D eigenvalue weighted by Crippen LogP contribution is -2.12. The molecular formula is C17H19NOS. The van der Waals surface area contributed by atoms with Gasteiger partial charge >= 0.3 is 0 Å². The van der Waals surface area contributed by atoms with Crippen LogP contribution in [-0.2, 0) is 11.2 Å². The van der Waals surface area contributed by atoms with Crippen molar-refractivity contribution < 1.29 is 4.79 Å². The fourth-order valence-corrected chi connectivity index (χ4v) is 2.70. The molecule has 0 saturated carbocycles. The molecule has 0 aliphatic heterocycles. The molecule has 0 unspecified atom stereocenters. The summed E-state index contributed by atoms with van der Waals surface area (Å²) in [5, 5.41) is 2.93. The molecule has 0 fully saturated rings. The zero-order chi connectivity index (χ0) is 14.2. The van der Waals surface area contributed by atoms with Gasteiger partial charge in [-0.05, 0) is 36.2 Å². The molecule has 0 aromatic heterocycles. The lowest BCUT2D eigenvalue weighted by Gasteiger charge is -2.06. The maximum atomic E-state index is 11.8. The third kappa shape index (κ3) is 4.74. The van der Waals surface area contributed by atoms with Gasteiger partial charge in [-0.1, -0.05) is 37.3 Å². The normalized spacial score (nSPS) is 10.2. The van der Waals surface area contributed by atoms with Gasteiger partial charge < -0.3 is 5.32 Å². The number of amides is 1. The number of hydrogen-bond donors (Lipinski definition) is 1. The van der Waals surface area contributed by atoms with E-state index in [1.807, 2.05) is 42.5 Å². The average molecular weight is 285 g/mol. The molecule has 0 saturated heterocycles. The summed E-state index contributed by atoms with van der Waals surface area (Å²) in [6.45, 7) is 2.12. The molecule has 1 amide bonds. The SMILES string of the molecule is CCc1ccc(NC(=O)CCSc2ccccc2)cc1. The Morgan fingerprint density at radius 1 is 1.05 bits per heavy atom. The van der Waals surface area contributed by atoms with Crippen LogP contribution in [0, 0.1) is 0 Å². The molecule has 0 bridgehead atoms. The van der Waals surface area contributed by atoms with Crippen molar-refractivity contribution in [2.24, 2.45) is 0 Å². The highest BCUT2D eigenvalue weighted by Gasteiger charge is 2.03. The van der Waals surface area contributed by atoms with Gasteiger partial charge in [-0.3, -0.25) is 4.79 Å². The minimum absolute atomic E-state index is 0.0673. The molecule has 0 atom stereocenters. The van der Waals surface area contributed by atoms with E-state index in [1.165, 1.54) is 10.5 Å². The zero-order valence-corrected chi connectivity index (χ0v) is 12.5. The number of hydrogen-bond acceptors (Lipinski definition) is 2. The van der Waals surface area contributed by atoms with Crippen LogP contribution in [0.1, 0.15) is 18.9 Å². The number of benzene rings is 2. The van der Waals surface area contributed by atoms with Crippen molar-refractivity contribution >= 4 is 23.4 Å². The number of carbonyl (C=O) groups is 1. The predicted octanol–water partition coefficient (Wildman–Crippen LogP) is 4.37. The van der Waals surface area contributed by atoms with Gasteiger partial charge in [-0.2, -0.15) is 0 Å². The average Bonchev–Trinajstić information content (AvgIpc) is 2.49. The summed E-state index contributed by atoms with van der Waals surface area (Å²) in [5.41, 5.74) is 2.15. The number of aryl methyl sites for hydroxylation is 1. The summed E-state index contributed by atoms with van der Waals surface area (Å²) >= 11 is 1.70. The van der Waals surface area contributed by atoms with Crippen LogP contribution in [0.15, 0.2) is 59.5 Å². The van der Waals surface area contributed by atoms with Crippen LogP contribution >= 0.6 is 11.8 Å². The molecular weight excluding hydrogens is 266 g/mol. The highest BCUT2D eigenvalue weighted by molar-refractivity contribution is 7.99. The lowest BCUT2D eigenvalue weighted by molar-refractivity contribution is -0.115. The third-order valence-electron chi connectivity index (χ3n) is 2.99. The third-order valence-corrected chi connectivity index (χ3v) is 4.00. The predicted molar refractivity (Wildman–Crippen MR) is 86.2 cm³/mol. The zero-order valence-electron chi connectivity index (χ0n) is 11.6. The first-order valence-electron chi connectivity index (χ1n) is 6.84. The van der Waals surface area contributed by atoms with Crippen LogP contribution in [0.3, 0.4) is 0 Å². The van der Waals surface area contributed by atoms with Crippen LogP contribution in [0.2, 0.25) is 0 Å². The maximum Gasteiger partial charge on any atom is 0.225 e. The second-order valence-electron chi connectivity index (χ2n) is 4.51. The molecule has 20 heavy (non-hydrogen) atoms. The van der Waals surface area contributed by atoms with E-state index in [-0.39, 0.29) is 5.91 Å². The van der Waals surface area contributed by atoms with Crippen LogP contribution in [0.5, 0.6) is 0 Å². The van der Waals surface area contributed by atoms with Crippen molar-refractivity contribution in [1.29, 1.82) is 0 Å². The lowest BCUT2D eigenvalue weighted by atomic mass is 10.1. The molecule has 2 rings (SSSR count). The minimum atomic E-state index is 0.0673. The van der Waals surface area contributed by atoms with Gasteiger partial charge in [-0.25, -0.2) is 0 Å². The monoisotopic (exact) mass is 285 g/mol. The summed E-state index contributed by atoms with van der Waals surface area (Å²) in [6, 6.07) is 18.2. The molecule has 0 heterocycles. The van der Waals surface area contributed by atoms with E-state index in [1.54, 1.807) is 11.8 Å². The van der Waals surface area contributed by atoms with Crippen molar-refractivity contribution in [2.75, 3.05) is 11.1 Å². The number of thioether (sulfide) groups is 1. The van der Waals surface area contributed by atoms with Crippen LogP contribution in [0.4, 0.5) is 5.69 Å². The number of nitrogens with one attached hydrogen (secondary N) is 1. The molecule has 1 N–H and O–H groups in total. The molecule has 0 aliphatic rings. The highest BCUT2D eigenvalue weighted by atomic mass is 32.2. The van der Waals surface area contributed by atoms with Gasteiger partial charge in [-0.15, -0.1) is 11.8 Å². The van der Waals surface area contributed by atoms with Crippen LogP contribution < -0.4 is 5.32 Å². The molecule has 0 spiro atoms. The maximum absolute atomic E-state index is 11.8. The van der Waals surface area contributed by atoms with Gasteiger partial charge in [0.25, 0.3) is 0 Å². The Bertz CT molecular complexity index is 537. The first kappa shape index (κ1) is 14.7. The molecule has 0 radical (unpaired) electrons. The van der Waals surface area contributed by atoms with Crippen molar-refractivity contribution in [3.63, 3.8) is 0 Å². The van der Waals surface area contributed by atoms with Gasteiger partial charge in [0.1, 0.15) is 0 Å². The van der Waals surface area contributed by atoms with Crippen molar-refractivity contribution in [1.82, 2.24) is 0 Å². The quantitative estimate of drug-likeness (QED) is 0.798. The molecule has 2 nitrogen and oxygen atoms in total. The smallest absolute Gasteiger partial charge is 0.225 e. The standard InChI is InChI=1S/C17H19NOS/c1-2-14-8-10-15(11-9-14)18-17(19)12-13-20-16-6-4-3-5-7-16/h3-11H,2,12-13H2,1H3,(H,18,19). The fraction of sp³-hybridized carbons (Fsp3) is 0.235. The second-order valence-corrected chi connectivity index (χ2v) is 5.68. The van der Waals surface area contributed by atoms with E-state index in [4.69, 9.17) is 0 Å². The van der Waals surface area contributed by atoms with Gasteiger partial charge in [0.05, 0.1) is 0 Å². The summed E-state index contributed by atoms with van der Waals surface area (Å²) in [6.07, 6.45) is 1.54. The number of anilines is 1. The highest BCUT2D eigenvalue weighted by Crippen LogP contribution is 2.18. The largest absolute Gasteiger partial charge is 0.326 e. The minimum Gasteiger partial charge on any atom is -0.326 e. The van der Waals surface area contributed by atoms with E-state index in [2.05, 4.69) is 24.4 Å². The number of carbonyl (C=O) groups excluding carboxylic acids is 1. The van der Waals surface area contributed by atoms with Crippen molar-refractivity contribution in [2.45, 2.75) is 24.7 Å². The summed E-state index contributed by atoms with van der Waals surface area (Å²) in [7, 11) is 0. The van der Waals surface area contributed by atoms with E-state index in [0.29, 0.717) is 6.42 Å². The Hall–Kier alpha value is -1.74. The summed E-state index contributed by atoms with van der Waals surface area (Å²) in [4.78, 5) is 13.0. The Kier molecular flexibility index (Phi) is 5.69. The molecule has 0 aliphatic carbocycles. The molecule has 104 valence electrons. The molecule has 2 aromatic rings. The first-order valence-corrected chi connectivity index (χ1v) is 7.83. The Morgan fingerprint density at radius 3 is 2.40 bits per heavy atom. The second kappa shape index (κ2) is 7.75. The first-order chi connectivity index (χ1) is 9.78. The summed E-state index contributed by atoms with van der Waals surface area (Å²) < 4.78 is 0. The molecule has 2 aromatic carbocycles. The molecule has 3 heteroatoms. The summed E-state index contributed by atoms with van der Waals surface area (Å²) in [5.74, 6) is 0.862. The van der Waals surface area contributed by atoms with Crippen LogP contribution in [-0.4, -0.2) is 11.7 Å². The van der Waals surface area contributed by atoms with E-state index < -0.39 is 0 Å². The van der Waals surface area contributed by atoms with E-state index in [0.717, 1.165) is 17.9 Å². The Balaban J connectivity index is 1.74.